The van der Waals surface area contributed by atoms with Gasteiger partial charge in [-0.1, -0.05) is 0 Å². The van der Waals surface area contributed by atoms with Crippen LogP contribution in [0.5, 0.6) is 0 Å². The van der Waals surface area contributed by atoms with Crippen molar-refractivity contribution in [2.45, 2.75) is 0 Å². The second-order valence-corrected chi connectivity index (χ2v) is 6.84. The van der Waals surface area contributed by atoms with Crippen LogP contribution in [0.1, 0.15) is 0 Å². The summed E-state index contributed by atoms with van der Waals surface area (Å²) in [4.78, 5) is 0. The van der Waals surface area contributed by atoms with E-state index in [1.165, 1.54) is 19.6 Å². The molecule has 0 amide bonds. The van der Waals surface area contributed by atoms with Crippen molar-refractivity contribution in [2.75, 3.05) is 19.6 Å². The van der Waals surface area contributed by atoms with Gasteiger partial charge in [-0.2, -0.15) is 0 Å². The van der Waals surface area contributed by atoms with Crippen LogP contribution in [0.3, 0.4) is 0 Å². The average Bonchev–Trinajstić information content (AvgIpc) is 1.68. The van der Waals surface area contributed by atoms with Crippen LogP contribution in [0.4, 0.5) is 0 Å². The van der Waals surface area contributed by atoms with Crippen molar-refractivity contribution in [3.63, 3.8) is 0 Å². The molecule has 0 aromatic carbocycles. The SMILES string of the molecule is COS(C)(C)(=O)O[SiH3]. The number of rotatable bonds is 2. The van der Waals surface area contributed by atoms with E-state index in [-0.39, 0.29) is 0 Å². The fraction of sp³-hybridized carbons (Fsp3) is 1.00. The van der Waals surface area contributed by atoms with Gasteiger partial charge in [0.05, 0.1) is 16.7 Å². The lowest BCUT2D eigenvalue weighted by Crippen LogP contribution is -2.33. The highest BCUT2D eigenvalue weighted by atomic mass is 32.3. The Balaban J connectivity index is 4.25. The standard InChI is InChI=1S/C3H12O3SSi/c1-5-7(2,3,4)6-8/h1-3,8H3. The molecule has 0 bridgehead atoms. The van der Waals surface area contributed by atoms with E-state index in [2.05, 4.69) is 4.18 Å². The van der Waals surface area contributed by atoms with E-state index in [0.29, 0.717) is 10.5 Å². The number of hydrogen-bond donors (Lipinski definition) is 0. The molecule has 0 rings (SSSR count). The Kier molecular flexibility index (Phi) is 1.98. The highest BCUT2D eigenvalue weighted by Gasteiger charge is 2.19. The monoisotopic (exact) mass is 156 g/mol. The summed E-state index contributed by atoms with van der Waals surface area (Å²) < 4.78 is 20.5. The Labute approximate surface area is 52.7 Å². The molecule has 0 fully saturated rings. The van der Waals surface area contributed by atoms with Crippen molar-refractivity contribution in [2.24, 2.45) is 0 Å². The normalized spacial score (nSPS) is 17.6. The molecule has 0 saturated carbocycles. The van der Waals surface area contributed by atoms with Gasteiger partial charge in [-0.15, -0.1) is 0 Å². The minimum Gasteiger partial charge on any atom is -0.348 e. The summed E-state index contributed by atoms with van der Waals surface area (Å²) in [6.07, 6.45) is 2.92. The molecule has 0 unspecified atom stereocenters. The fourth-order valence-electron chi connectivity index (χ4n) is 0.0680. The smallest absolute Gasteiger partial charge is 0.168 e. The highest BCUT2D eigenvalue weighted by molar-refractivity contribution is 8.11. The van der Waals surface area contributed by atoms with E-state index in [1.54, 1.807) is 0 Å². The van der Waals surface area contributed by atoms with E-state index in [1.807, 2.05) is 0 Å². The van der Waals surface area contributed by atoms with E-state index >= 15 is 0 Å². The summed E-state index contributed by atoms with van der Waals surface area (Å²) >= 11 is 0. The Morgan fingerprint density at radius 3 is 1.88 bits per heavy atom. The Hall–Kier alpha value is 0.287. The zero-order valence-electron chi connectivity index (χ0n) is 5.63. The topological polar surface area (TPSA) is 35.5 Å². The molecule has 0 aliphatic heterocycles. The quantitative estimate of drug-likeness (QED) is 0.473. The van der Waals surface area contributed by atoms with Crippen LogP contribution in [-0.4, -0.2) is 34.3 Å². The molecular weight excluding hydrogens is 144 g/mol. The molecule has 0 radical (unpaired) electrons. The first-order valence-corrected chi connectivity index (χ1v) is 5.58. The first-order chi connectivity index (χ1) is 3.39. The van der Waals surface area contributed by atoms with Crippen LogP contribution in [0.2, 0.25) is 0 Å². The van der Waals surface area contributed by atoms with Gasteiger partial charge in [0.2, 0.25) is 0 Å². The van der Waals surface area contributed by atoms with Crippen molar-refractivity contribution < 1.29 is 12.3 Å². The Bertz CT molecular complexity index is 127. The molecular formula is C3H12O3SSi. The second-order valence-electron chi connectivity index (χ2n) is 1.95. The van der Waals surface area contributed by atoms with Gasteiger partial charge >= 0.3 is 0 Å². The van der Waals surface area contributed by atoms with Gasteiger partial charge in [-0.05, 0) is 0 Å². The van der Waals surface area contributed by atoms with Gasteiger partial charge in [0.15, 0.2) is 10.5 Å². The first-order valence-electron chi connectivity index (χ1n) is 2.13. The van der Waals surface area contributed by atoms with Gasteiger partial charge in [-0.25, -0.2) is 4.21 Å². The largest absolute Gasteiger partial charge is 0.348 e. The predicted octanol–water partition coefficient (Wildman–Crippen LogP) is -1.16. The molecule has 52 valence electrons. The zero-order chi connectivity index (χ0) is 6.86. The molecule has 0 spiro atoms. The molecule has 0 aromatic rings. The maximum absolute atomic E-state index is 11.1. The molecule has 0 atom stereocenters. The third-order valence-corrected chi connectivity index (χ3v) is 5.63. The molecule has 0 aromatic heterocycles. The van der Waals surface area contributed by atoms with Crippen LogP contribution in [0.25, 0.3) is 0 Å². The van der Waals surface area contributed by atoms with Crippen LogP contribution in [0, 0.1) is 0 Å². The van der Waals surface area contributed by atoms with Gasteiger partial charge < -0.3 is 3.87 Å². The Morgan fingerprint density at radius 2 is 1.88 bits per heavy atom. The molecule has 0 N–H and O–H groups in total. The number of hydrogen-bond acceptors (Lipinski definition) is 3. The van der Waals surface area contributed by atoms with Crippen molar-refractivity contribution in [1.29, 1.82) is 0 Å². The zero-order valence-corrected chi connectivity index (χ0v) is 8.45. The first kappa shape index (κ1) is 8.29. The summed E-state index contributed by atoms with van der Waals surface area (Å²) in [5, 5.41) is 0. The second kappa shape index (κ2) is 1.91. The highest BCUT2D eigenvalue weighted by Crippen LogP contribution is 2.16. The van der Waals surface area contributed by atoms with Gasteiger partial charge in [0, 0.05) is 12.5 Å². The van der Waals surface area contributed by atoms with Gasteiger partial charge in [-0.3, -0.25) is 4.18 Å². The minimum atomic E-state index is -3.07. The molecule has 0 heterocycles. The van der Waals surface area contributed by atoms with E-state index in [0.717, 1.165) is 0 Å². The maximum atomic E-state index is 11.1. The summed E-state index contributed by atoms with van der Waals surface area (Å²) in [5.41, 5.74) is 0. The van der Waals surface area contributed by atoms with E-state index < -0.39 is 9.63 Å². The van der Waals surface area contributed by atoms with E-state index in [4.69, 9.17) is 3.87 Å². The lowest BCUT2D eigenvalue weighted by Gasteiger charge is -2.30. The van der Waals surface area contributed by atoms with Crippen molar-refractivity contribution >= 4 is 20.1 Å². The lowest BCUT2D eigenvalue weighted by atomic mass is 11.8. The van der Waals surface area contributed by atoms with Gasteiger partial charge in [0.1, 0.15) is 0 Å². The van der Waals surface area contributed by atoms with E-state index in [9.17, 15) is 4.21 Å². The van der Waals surface area contributed by atoms with Crippen LogP contribution < -0.4 is 0 Å². The third kappa shape index (κ3) is 2.56. The fourth-order valence-corrected chi connectivity index (χ4v) is 0.612. The molecule has 0 saturated heterocycles. The summed E-state index contributed by atoms with van der Waals surface area (Å²) in [5.74, 6) is 0. The van der Waals surface area contributed by atoms with Crippen LogP contribution in [0.15, 0.2) is 0 Å². The molecule has 0 aliphatic rings. The minimum absolute atomic E-state index is 0.442. The third-order valence-electron chi connectivity index (χ3n) is 0.939. The summed E-state index contributed by atoms with van der Waals surface area (Å²) in [7, 11) is -1.25. The molecule has 8 heavy (non-hydrogen) atoms. The average molecular weight is 156 g/mol. The molecule has 0 aliphatic carbocycles. The van der Waals surface area contributed by atoms with Gasteiger partial charge in [0.25, 0.3) is 0 Å². The Morgan fingerprint density at radius 1 is 1.50 bits per heavy atom. The van der Waals surface area contributed by atoms with Crippen molar-refractivity contribution in [3.8, 4) is 0 Å². The van der Waals surface area contributed by atoms with Crippen LogP contribution in [-0.2, 0) is 17.7 Å². The lowest BCUT2D eigenvalue weighted by molar-refractivity contribution is 0.355. The predicted molar refractivity (Wildman–Crippen MR) is 38.0 cm³/mol. The molecule has 3 nitrogen and oxygen atoms in total. The summed E-state index contributed by atoms with van der Waals surface area (Å²) in [6.45, 7) is 0. The maximum Gasteiger partial charge on any atom is 0.168 e. The molecule has 5 heteroatoms. The van der Waals surface area contributed by atoms with Crippen LogP contribution >= 0.6 is 0 Å². The van der Waals surface area contributed by atoms with Crippen molar-refractivity contribution in [3.05, 3.63) is 0 Å². The van der Waals surface area contributed by atoms with Crippen molar-refractivity contribution in [1.82, 2.24) is 0 Å². The summed E-state index contributed by atoms with van der Waals surface area (Å²) in [6, 6.07) is 0.